The summed E-state index contributed by atoms with van der Waals surface area (Å²) >= 11 is 18.8. The molecule has 0 atom stereocenters. The number of halogens is 3. The van der Waals surface area contributed by atoms with Gasteiger partial charge in [-0.25, -0.2) is 13.1 Å². The van der Waals surface area contributed by atoms with Gasteiger partial charge in [0.25, 0.3) is 5.56 Å². The zero-order valence-electron chi connectivity index (χ0n) is 13.4. The fourth-order valence-corrected chi connectivity index (χ4v) is 4.40. The molecular formula is C15H16Cl3N3O3S. The Morgan fingerprint density at radius 3 is 2.32 bits per heavy atom. The Kier molecular flexibility index (Phi) is 5.12. The van der Waals surface area contributed by atoms with Gasteiger partial charge in [-0.2, -0.15) is 0 Å². The van der Waals surface area contributed by atoms with Crippen LogP contribution in [0.1, 0.15) is 19.8 Å². The van der Waals surface area contributed by atoms with Gasteiger partial charge in [0.2, 0.25) is 10.0 Å². The van der Waals surface area contributed by atoms with Gasteiger partial charge < -0.3 is 0 Å². The van der Waals surface area contributed by atoms with Gasteiger partial charge in [0.05, 0.1) is 27.0 Å². The van der Waals surface area contributed by atoms with Crippen molar-refractivity contribution in [3.8, 4) is 11.1 Å². The molecule has 0 saturated heterocycles. The highest BCUT2D eigenvalue weighted by Crippen LogP contribution is 2.38. The van der Waals surface area contributed by atoms with E-state index in [1.165, 1.54) is 19.1 Å². The van der Waals surface area contributed by atoms with Crippen LogP contribution in [0, 0.1) is 0 Å². The molecule has 1 aromatic heterocycles. The molecule has 2 heterocycles. The van der Waals surface area contributed by atoms with Gasteiger partial charge in [0.1, 0.15) is 5.15 Å². The highest BCUT2D eigenvalue weighted by atomic mass is 35.5. The van der Waals surface area contributed by atoms with Crippen molar-refractivity contribution in [1.29, 1.82) is 0 Å². The molecule has 0 amide bonds. The van der Waals surface area contributed by atoms with E-state index in [1.54, 1.807) is 9.36 Å². The maximum Gasteiger partial charge on any atom is 0.276 e. The molecule has 0 saturated carbocycles. The van der Waals surface area contributed by atoms with Gasteiger partial charge in [0.15, 0.2) is 0 Å². The summed E-state index contributed by atoms with van der Waals surface area (Å²) < 4.78 is 29.4. The number of hydrogen-bond acceptors (Lipinski definition) is 3. The summed E-state index contributed by atoms with van der Waals surface area (Å²) in [6, 6.07) is 2.86. The Morgan fingerprint density at radius 2 is 1.72 bits per heavy atom. The number of sulfonamides is 1. The lowest BCUT2D eigenvalue weighted by molar-refractivity contribution is 0.356. The van der Waals surface area contributed by atoms with Gasteiger partial charge in [-0.3, -0.25) is 14.2 Å². The maximum absolute atomic E-state index is 12.8. The predicted molar refractivity (Wildman–Crippen MR) is 101 cm³/mol. The number of fused-ring (bicyclic) bond motifs is 1. The molecule has 0 fully saturated rings. The largest absolute Gasteiger partial charge is 0.282 e. The first-order valence-electron chi connectivity index (χ1n) is 7.74. The number of nitrogens with zero attached hydrogens (tertiary/aromatic N) is 2. The van der Waals surface area contributed by atoms with E-state index in [4.69, 9.17) is 34.8 Å². The normalized spacial score (nSPS) is 14.4. The maximum atomic E-state index is 12.8. The SMILES string of the molecule is CCS(=O)(=O)Nc1cc(-c2c(Cl)n3n(c2=O)CCCC3)c(Cl)cc1Cl. The number of anilines is 1. The first-order chi connectivity index (χ1) is 11.7. The quantitative estimate of drug-likeness (QED) is 0.810. The third-order valence-corrected chi connectivity index (χ3v) is 6.43. The third kappa shape index (κ3) is 3.43. The lowest BCUT2D eigenvalue weighted by atomic mass is 10.1. The average Bonchev–Trinajstić information content (AvgIpc) is 2.82. The van der Waals surface area contributed by atoms with Crippen LogP contribution in [0.2, 0.25) is 15.2 Å². The molecule has 1 aromatic carbocycles. The van der Waals surface area contributed by atoms with Crippen LogP contribution in [0.25, 0.3) is 11.1 Å². The minimum Gasteiger partial charge on any atom is -0.282 e. The highest BCUT2D eigenvalue weighted by Gasteiger charge is 2.24. The molecule has 25 heavy (non-hydrogen) atoms. The van der Waals surface area contributed by atoms with Crippen LogP contribution in [0.5, 0.6) is 0 Å². The Morgan fingerprint density at radius 1 is 1.08 bits per heavy atom. The molecule has 1 N–H and O–H groups in total. The van der Waals surface area contributed by atoms with Gasteiger partial charge in [-0.1, -0.05) is 34.8 Å². The van der Waals surface area contributed by atoms with Crippen molar-refractivity contribution in [2.24, 2.45) is 0 Å². The van der Waals surface area contributed by atoms with Crippen LogP contribution >= 0.6 is 34.8 Å². The molecule has 1 aliphatic heterocycles. The van der Waals surface area contributed by atoms with Crippen molar-refractivity contribution in [3.63, 3.8) is 0 Å². The Labute approximate surface area is 160 Å². The molecule has 0 aliphatic carbocycles. The van der Waals surface area contributed by atoms with Crippen molar-refractivity contribution >= 4 is 50.5 Å². The van der Waals surface area contributed by atoms with E-state index in [-0.39, 0.29) is 32.6 Å². The van der Waals surface area contributed by atoms with E-state index < -0.39 is 10.0 Å². The van der Waals surface area contributed by atoms with Crippen LogP contribution in [0.15, 0.2) is 16.9 Å². The van der Waals surface area contributed by atoms with Crippen LogP contribution < -0.4 is 10.3 Å². The molecule has 0 spiro atoms. The summed E-state index contributed by atoms with van der Waals surface area (Å²) in [6.07, 6.45) is 1.83. The standard InChI is InChI=1S/C15H16Cl3N3O3S/c1-2-25(23,24)19-12-7-9(10(16)8-11(12)17)13-14(18)20-5-3-4-6-21(20)15(13)22/h7-8,19H,2-6H2,1H3. The molecule has 3 rings (SSSR count). The second-order valence-electron chi connectivity index (χ2n) is 5.74. The zero-order chi connectivity index (χ0) is 18.4. The molecule has 0 bridgehead atoms. The second-order valence-corrected chi connectivity index (χ2v) is 8.93. The van der Waals surface area contributed by atoms with Crippen molar-refractivity contribution in [2.75, 3.05) is 10.5 Å². The van der Waals surface area contributed by atoms with Crippen LogP contribution in [-0.2, 0) is 23.1 Å². The Hall–Kier alpha value is -1.15. The lowest BCUT2D eigenvalue weighted by Gasteiger charge is -2.17. The summed E-state index contributed by atoms with van der Waals surface area (Å²) in [5, 5.41) is 0.663. The minimum atomic E-state index is -3.53. The molecule has 0 unspecified atom stereocenters. The van der Waals surface area contributed by atoms with Gasteiger partial charge in [0, 0.05) is 18.7 Å². The van der Waals surface area contributed by atoms with Crippen molar-refractivity contribution in [1.82, 2.24) is 9.36 Å². The van der Waals surface area contributed by atoms with Crippen LogP contribution in [0.3, 0.4) is 0 Å². The molecule has 0 radical (unpaired) electrons. The third-order valence-electron chi connectivity index (χ3n) is 4.13. The van der Waals surface area contributed by atoms with E-state index in [1.807, 2.05) is 0 Å². The second kappa shape index (κ2) is 6.87. The molecule has 1 aliphatic rings. The fraction of sp³-hybridized carbons (Fsp3) is 0.400. The van der Waals surface area contributed by atoms with Crippen molar-refractivity contribution in [3.05, 3.63) is 37.7 Å². The lowest BCUT2D eigenvalue weighted by Crippen LogP contribution is -2.27. The zero-order valence-corrected chi connectivity index (χ0v) is 16.4. The number of aromatic nitrogens is 2. The number of benzene rings is 1. The highest BCUT2D eigenvalue weighted by molar-refractivity contribution is 7.92. The van der Waals surface area contributed by atoms with Crippen LogP contribution in [-0.4, -0.2) is 23.5 Å². The molecule has 6 nitrogen and oxygen atoms in total. The number of rotatable bonds is 4. The number of hydrogen-bond donors (Lipinski definition) is 1. The van der Waals surface area contributed by atoms with E-state index in [9.17, 15) is 13.2 Å². The fourth-order valence-electron chi connectivity index (χ4n) is 2.81. The molecular weight excluding hydrogens is 409 g/mol. The Balaban J connectivity index is 2.19. The summed E-state index contributed by atoms with van der Waals surface area (Å²) in [6.45, 7) is 2.74. The van der Waals surface area contributed by atoms with E-state index in [0.717, 1.165) is 12.8 Å². The smallest absolute Gasteiger partial charge is 0.276 e. The van der Waals surface area contributed by atoms with E-state index >= 15 is 0 Å². The van der Waals surface area contributed by atoms with E-state index in [2.05, 4.69) is 4.72 Å². The number of nitrogens with one attached hydrogen (secondary N) is 1. The topological polar surface area (TPSA) is 73.1 Å². The molecule has 2 aromatic rings. The van der Waals surface area contributed by atoms with Gasteiger partial charge >= 0.3 is 0 Å². The first kappa shape index (κ1) is 18.6. The van der Waals surface area contributed by atoms with Crippen molar-refractivity contribution in [2.45, 2.75) is 32.9 Å². The summed E-state index contributed by atoms with van der Waals surface area (Å²) in [5.74, 6) is -0.106. The first-order valence-corrected chi connectivity index (χ1v) is 10.5. The summed E-state index contributed by atoms with van der Waals surface area (Å²) in [5.41, 5.74) is 0.511. The van der Waals surface area contributed by atoms with E-state index in [0.29, 0.717) is 23.8 Å². The summed E-state index contributed by atoms with van der Waals surface area (Å²) in [4.78, 5) is 12.8. The van der Waals surface area contributed by atoms with Gasteiger partial charge in [-0.15, -0.1) is 0 Å². The van der Waals surface area contributed by atoms with Crippen LogP contribution in [0.4, 0.5) is 5.69 Å². The average molecular weight is 425 g/mol. The predicted octanol–water partition coefficient (Wildman–Crippen LogP) is 3.83. The molecule has 10 heteroatoms. The summed E-state index contributed by atoms with van der Waals surface area (Å²) in [7, 11) is -3.53. The molecule has 136 valence electrons. The van der Waals surface area contributed by atoms with Crippen molar-refractivity contribution < 1.29 is 8.42 Å². The van der Waals surface area contributed by atoms with Gasteiger partial charge in [-0.05, 0) is 31.9 Å². The monoisotopic (exact) mass is 423 g/mol. The minimum absolute atomic E-state index is 0.106. The Bertz CT molecular complexity index is 996.